The molecule has 0 fully saturated rings. The summed E-state index contributed by atoms with van der Waals surface area (Å²) in [7, 11) is 0. The topological polar surface area (TPSA) is 86.2 Å². The van der Waals surface area contributed by atoms with Crippen molar-refractivity contribution in [3.63, 3.8) is 0 Å². The van der Waals surface area contributed by atoms with E-state index in [0.717, 1.165) is 5.56 Å². The number of fused-ring (bicyclic) bond motifs is 1. The molecule has 3 rings (SSSR count). The Kier molecular flexibility index (Phi) is 3.34. The van der Waals surface area contributed by atoms with Gasteiger partial charge in [0.1, 0.15) is 17.1 Å². The van der Waals surface area contributed by atoms with Gasteiger partial charge >= 0.3 is 5.97 Å². The van der Waals surface area contributed by atoms with Crippen molar-refractivity contribution < 1.29 is 19.4 Å². The predicted molar refractivity (Wildman–Crippen MR) is 80.0 cm³/mol. The number of H-pyrrole nitrogens is 1. The van der Waals surface area contributed by atoms with Gasteiger partial charge in [-0.2, -0.15) is 5.10 Å². The minimum absolute atomic E-state index is 0.190. The summed E-state index contributed by atoms with van der Waals surface area (Å²) in [5.41, 5.74) is 1.50. The zero-order chi connectivity index (χ0) is 15.7. The largest absolute Gasteiger partial charge is 0.506 e. The first kappa shape index (κ1) is 13.8. The second kappa shape index (κ2) is 5.33. The Hall–Kier alpha value is -3.15. The molecule has 22 heavy (non-hydrogen) atoms. The van der Waals surface area contributed by atoms with Gasteiger partial charge in [-0.3, -0.25) is 5.10 Å². The number of aromatic amines is 1. The van der Waals surface area contributed by atoms with E-state index in [4.69, 9.17) is 5.11 Å². The number of carboxylic acid groups (broad SMARTS) is 1. The van der Waals surface area contributed by atoms with Crippen LogP contribution in [0, 0.1) is 5.82 Å². The number of rotatable bonds is 3. The van der Waals surface area contributed by atoms with Gasteiger partial charge in [-0.15, -0.1) is 0 Å². The standard InChI is InChI=1S/C16H11FN2O3/c17-10-4-1-9(2-5-10)3-7-12-14-13(19-18-12)8-6-11(15(14)20)16(21)22/h1-8,20H,(H,18,19)(H,21,22)/b7-3+. The molecule has 0 saturated carbocycles. The maximum Gasteiger partial charge on any atom is 0.339 e. The molecule has 0 spiro atoms. The number of carboxylic acids is 1. The molecule has 1 heterocycles. The van der Waals surface area contributed by atoms with Gasteiger partial charge in [0.05, 0.1) is 16.6 Å². The molecule has 0 aliphatic heterocycles. The van der Waals surface area contributed by atoms with Crippen LogP contribution in [0.5, 0.6) is 5.75 Å². The van der Waals surface area contributed by atoms with Crippen LogP contribution >= 0.6 is 0 Å². The van der Waals surface area contributed by atoms with Crippen molar-refractivity contribution in [3.8, 4) is 5.75 Å². The molecule has 0 atom stereocenters. The Bertz CT molecular complexity index is 882. The van der Waals surface area contributed by atoms with Crippen molar-refractivity contribution in [3.05, 3.63) is 59.0 Å². The van der Waals surface area contributed by atoms with Crippen molar-refractivity contribution in [2.45, 2.75) is 0 Å². The molecule has 0 amide bonds. The lowest BCUT2D eigenvalue weighted by Gasteiger charge is -2.01. The number of nitrogens with zero attached hydrogens (tertiary/aromatic N) is 1. The Labute approximate surface area is 124 Å². The van der Waals surface area contributed by atoms with E-state index in [1.54, 1.807) is 30.4 Å². The summed E-state index contributed by atoms with van der Waals surface area (Å²) in [6.07, 6.45) is 3.32. The molecule has 0 bridgehead atoms. The van der Waals surface area contributed by atoms with Gasteiger partial charge in [0.2, 0.25) is 0 Å². The molecule has 0 aliphatic rings. The number of benzene rings is 2. The Morgan fingerprint density at radius 2 is 1.86 bits per heavy atom. The van der Waals surface area contributed by atoms with E-state index in [-0.39, 0.29) is 17.1 Å². The number of hydrogen-bond acceptors (Lipinski definition) is 3. The van der Waals surface area contributed by atoms with E-state index in [0.29, 0.717) is 16.6 Å². The van der Waals surface area contributed by atoms with Crippen LogP contribution in [0.1, 0.15) is 21.6 Å². The van der Waals surface area contributed by atoms with E-state index in [2.05, 4.69) is 10.2 Å². The zero-order valence-electron chi connectivity index (χ0n) is 11.2. The van der Waals surface area contributed by atoms with Gasteiger partial charge in [-0.1, -0.05) is 18.2 Å². The van der Waals surface area contributed by atoms with Gasteiger partial charge in [0.25, 0.3) is 0 Å². The smallest absolute Gasteiger partial charge is 0.339 e. The highest BCUT2D eigenvalue weighted by molar-refractivity contribution is 6.02. The highest BCUT2D eigenvalue weighted by Crippen LogP contribution is 2.31. The van der Waals surface area contributed by atoms with E-state index in [1.807, 2.05) is 0 Å². The minimum Gasteiger partial charge on any atom is -0.506 e. The molecule has 110 valence electrons. The molecule has 2 aromatic carbocycles. The van der Waals surface area contributed by atoms with Crippen LogP contribution in [0.4, 0.5) is 4.39 Å². The van der Waals surface area contributed by atoms with E-state index < -0.39 is 5.97 Å². The molecule has 0 unspecified atom stereocenters. The first-order valence-corrected chi connectivity index (χ1v) is 6.43. The summed E-state index contributed by atoms with van der Waals surface area (Å²) in [6.45, 7) is 0. The first-order valence-electron chi connectivity index (χ1n) is 6.43. The predicted octanol–water partition coefficient (Wildman–Crippen LogP) is 3.28. The summed E-state index contributed by atoms with van der Waals surface area (Å²) in [4.78, 5) is 11.1. The number of phenols is 1. The van der Waals surface area contributed by atoms with Crippen LogP contribution < -0.4 is 0 Å². The van der Waals surface area contributed by atoms with E-state index in [9.17, 15) is 14.3 Å². The summed E-state index contributed by atoms with van der Waals surface area (Å²) in [5, 5.41) is 26.3. The molecule has 5 nitrogen and oxygen atoms in total. The average Bonchev–Trinajstić information content (AvgIpc) is 2.91. The van der Waals surface area contributed by atoms with Crippen LogP contribution in [0.2, 0.25) is 0 Å². The quantitative estimate of drug-likeness (QED) is 0.692. The van der Waals surface area contributed by atoms with Crippen molar-refractivity contribution in [1.82, 2.24) is 10.2 Å². The van der Waals surface area contributed by atoms with E-state index in [1.165, 1.54) is 18.2 Å². The summed E-state index contributed by atoms with van der Waals surface area (Å²) >= 11 is 0. The number of hydrogen-bond donors (Lipinski definition) is 3. The van der Waals surface area contributed by atoms with Crippen molar-refractivity contribution in [1.29, 1.82) is 0 Å². The fourth-order valence-electron chi connectivity index (χ4n) is 2.16. The van der Waals surface area contributed by atoms with Crippen LogP contribution in [0.15, 0.2) is 36.4 Å². The Morgan fingerprint density at radius 1 is 1.14 bits per heavy atom. The second-order valence-electron chi connectivity index (χ2n) is 4.68. The number of carbonyl (C=O) groups is 1. The van der Waals surface area contributed by atoms with Crippen molar-refractivity contribution >= 4 is 29.0 Å². The SMILES string of the molecule is O=C(O)c1ccc2[nH]nc(/C=C/c3ccc(F)cc3)c2c1O. The lowest BCUT2D eigenvalue weighted by Crippen LogP contribution is -1.96. The highest BCUT2D eigenvalue weighted by Gasteiger charge is 2.16. The summed E-state index contributed by atoms with van der Waals surface area (Å²) < 4.78 is 12.9. The maximum atomic E-state index is 12.9. The summed E-state index contributed by atoms with van der Waals surface area (Å²) in [5.74, 6) is -1.88. The van der Waals surface area contributed by atoms with Gasteiger partial charge in [-0.25, -0.2) is 9.18 Å². The number of aromatic hydroxyl groups is 1. The Balaban J connectivity index is 2.05. The monoisotopic (exact) mass is 298 g/mol. The van der Waals surface area contributed by atoms with Gasteiger partial charge < -0.3 is 10.2 Å². The number of nitrogens with one attached hydrogen (secondary N) is 1. The van der Waals surface area contributed by atoms with Gasteiger partial charge in [0.15, 0.2) is 0 Å². The third-order valence-electron chi connectivity index (χ3n) is 3.26. The number of aromatic nitrogens is 2. The lowest BCUT2D eigenvalue weighted by atomic mass is 10.1. The summed E-state index contributed by atoms with van der Waals surface area (Å²) in [6, 6.07) is 8.73. The zero-order valence-corrected chi connectivity index (χ0v) is 11.2. The van der Waals surface area contributed by atoms with Crippen LogP contribution in [-0.4, -0.2) is 26.4 Å². The Morgan fingerprint density at radius 3 is 2.55 bits per heavy atom. The molecular formula is C16H11FN2O3. The molecule has 3 aromatic rings. The van der Waals surface area contributed by atoms with Crippen molar-refractivity contribution in [2.24, 2.45) is 0 Å². The van der Waals surface area contributed by atoms with Crippen molar-refractivity contribution in [2.75, 3.05) is 0 Å². The van der Waals surface area contributed by atoms with Gasteiger partial charge in [0, 0.05) is 0 Å². The second-order valence-corrected chi connectivity index (χ2v) is 4.68. The molecule has 0 radical (unpaired) electrons. The lowest BCUT2D eigenvalue weighted by molar-refractivity contribution is 0.0694. The maximum absolute atomic E-state index is 12.9. The fraction of sp³-hybridized carbons (Fsp3) is 0. The van der Waals surface area contributed by atoms with Crippen LogP contribution in [0.3, 0.4) is 0 Å². The molecule has 6 heteroatoms. The third-order valence-corrected chi connectivity index (χ3v) is 3.26. The van der Waals surface area contributed by atoms with Crippen LogP contribution in [0.25, 0.3) is 23.1 Å². The highest BCUT2D eigenvalue weighted by atomic mass is 19.1. The normalized spacial score (nSPS) is 11.3. The minimum atomic E-state index is -1.21. The van der Waals surface area contributed by atoms with E-state index >= 15 is 0 Å². The molecule has 0 saturated heterocycles. The fourth-order valence-corrected chi connectivity index (χ4v) is 2.16. The van der Waals surface area contributed by atoms with Gasteiger partial charge in [-0.05, 0) is 35.9 Å². The number of halogens is 1. The molecular weight excluding hydrogens is 287 g/mol. The van der Waals surface area contributed by atoms with Crippen LogP contribution in [-0.2, 0) is 0 Å². The number of aromatic carboxylic acids is 1. The third kappa shape index (κ3) is 2.42. The molecule has 3 N–H and O–H groups in total. The molecule has 1 aromatic heterocycles. The average molecular weight is 298 g/mol. The first-order chi connectivity index (χ1) is 10.6. The molecule has 0 aliphatic carbocycles.